The van der Waals surface area contributed by atoms with Crippen molar-refractivity contribution < 1.29 is 9.53 Å². The van der Waals surface area contributed by atoms with Gasteiger partial charge in [-0.3, -0.25) is 0 Å². The Kier molecular flexibility index (Phi) is 6.60. The molecule has 2 fully saturated rings. The van der Waals surface area contributed by atoms with Crippen LogP contribution in [0.4, 0.5) is 0 Å². The molecule has 2 aromatic rings. The van der Waals surface area contributed by atoms with Crippen LogP contribution in [0.3, 0.4) is 0 Å². The normalized spacial score (nSPS) is 18.2. The first kappa shape index (κ1) is 22.2. The zero-order chi connectivity index (χ0) is 22.0. The highest BCUT2D eigenvalue weighted by Gasteiger charge is 2.39. The van der Waals surface area contributed by atoms with Gasteiger partial charge in [0.05, 0.1) is 7.11 Å². The minimum atomic E-state index is -0.241. The van der Waals surface area contributed by atoms with Gasteiger partial charge in [-0.25, -0.2) is 4.79 Å². The molecule has 1 heterocycles. The summed E-state index contributed by atoms with van der Waals surface area (Å²) in [6, 6.07) is 9.31. The van der Waals surface area contributed by atoms with E-state index in [9.17, 15) is 4.79 Å². The Morgan fingerprint density at radius 1 is 1.13 bits per heavy atom. The van der Waals surface area contributed by atoms with Gasteiger partial charge in [-0.1, -0.05) is 70.6 Å². The van der Waals surface area contributed by atoms with E-state index in [1.54, 1.807) is 0 Å². The molecular weight excluding hydrogens is 382 g/mol. The van der Waals surface area contributed by atoms with Crippen LogP contribution in [0.25, 0.3) is 11.1 Å². The average molecular weight is 422 g/mol. The Hall–Kier alpha value is -2.03. The Balaban J connectivity index is 1.78. The molecule has 1 aromatic carbocycles. The molecule has 2 aliphatic rings. The minimum Gasteiger partial charge on any atom is -0.464 e. The van der Waals surface area contributed by atoms with E-state index in [1.807, 2.05) is 7.05 Å². The van der Waals surface area contributed by atoms with Crippen LogP contribution in [0.2, 0.25) is 0 Å². The zero-order valence-corrected chi connectivity index (χ0v) is 19.9. The van der Waals surface area contributed by atoms with Gasteiger partial charge < -0.3 is 9.30 Å². The number of unbranched alkanes of at least 4 members (excludes halogenated alkanes) is 1. The van der Waals surface area contributed by atoms with Gasteiger partial charge in [0.2, 0.25) is 0 Å². The van der Waals surface area contributed by atoms with E-state index >= 15 is 0 Å². The summed E-state index contributed by atoms with van der Waals surface area (Å²) in [5.74, 6) is 0.477. The van der Waals surface area contributed by atoms with Crippen molar-refractivity contribution in [2.45, 2.75) is 89.9 Å². The standard InChI is InChI=1S/C28H39NO2/c1-5-6-10-21-15-22(18-23(16-21)28(2)13-14-28)24-19-26(27(30)31-4)29(3)25(24)17-20-11-8-7-9-12-20/h15-16,18-20H,5-14,17H2,1-4H3. The molecule has 0 radical (unpaired) electrons. The molecular formula is C28H39NO2. The number of rotatable bonds is 8. The lowest BCUT2D eigenvalue weighted by Gasteiger charge is -2.23. The molecule has 0 bridgehead atoms. The monoisotopic (exact) mass is 421 g/mol. The molecule has 31 heavy (non-hydrogen) atoms. The first-order valence-electron chi connectivity index (χ1n) is 12.4. The predicted molar refractivity (Wildman–Crippen MR) is 128 cm³/mol. The Labute approximate surface area is 188 Å². The van der Waals surface area contributed by atoms with Crippen molar-refractivity contribution >= 4 is 5.97 Å². The summed E-state index contributed by atoms with van der Waals surface area (Å²) < 4.78 is 7.22. The molecule has 0 spiro atoms. The topological polar surface area (TPSA) is 31.2 Å². The second kappa shape index (κ2) is 9.22. The van der Waals surface area contributed by atoms with Crippen LogP contribution < -0.4 is 0 Å². The lowest BCUT2D eigenvalue weighted by Crippen LogP contribution is -2.14. The number of carbonyl (C=O) groups excluding carboxylic acids is 1. The van der Waals surface area contributed by atoms with Crippen molar-refractivity contribution in [2.75, 3.05) is 7.11 Å². The van der Waals surface area contributed by atoms with Gasteiger partial charge in [-0.2, -0.15) is 0 Å². The number of hydrogen-bond donors (Lipinski definition) is 0. The third kappa shape index (κ3) is 4.76. The molecule has 0 saturated heterocycles. The van der Waals surface area contributed by atoms with Crippen LogP contribution in [0.15, 0.2) is 24.3 Å². The van der Waals surface area contributed by atoms with Gasteiger partial charge in [-0.15, -0.1) is 0 Å². The molecule has 2 saturated carbocycles. The molecule has 1 aromatic heterocycles. The lowest BCUT2D eigenvalue weighted by molar-refractivity contribution is 0.0589. The van der Waals surface area contributed by atoms with Gasteiger partial charge in [0.25, 0.3) is 0 Å². The summed E-state index contributed by atoms with van der Waals surface area (Å²) in [6.07, 6.45) is 13.8. The van der Waals surface area contributed by atoms with Crippen LogP contribution in [0.5, 0.6) is 0 Å². The maximum absolute atomic E-state index is 12.5. The maximum atomic E-state index is 12.5. The minimum absolute atomic E-state index is 0.241. The van der Waals surface area contributed by atoms with E-state index in [4.69, 9.17) is 4.74 Å². The number of ether oxygens (including phenoxy) is 1. The Morgan fingerprint density at radius 2 is 1.87 bits per heavy atom. The average Bonchev–Trinajstić information content (AvgIpc) is 3.47. The van der Waals surface area contributed by atoms with Gasteiger partial charge in [0.15, 0.2) is 0 Å². The molecule has 168 valence electrons. The quantitative estimate of drug-likeness (QED) is 0.430. The van der Waals surface area contributed by atoms with Crippen LogP contribution in [-0.4, -0.2) is 17.6 Å². The molecule has 0 N–H and O–H groups in total. The van der Waals surface area contributed by atoms with E-state index in [-0.39, 0.29) is 5.97 Å². The number of benzene rings is 1. The smallest absolute Gasteiger partial charge is 0.354 e. The van der Waals surface area contributed by atoms with Gasteiger partial charge in [0, 0.05) is 18.3 Å². The van der Waals surface area contributed by atoms with Crippen molar-refractivity contribution in [1.29, 1.82) is 0 Å². The first-order chi connectivity index (χ1) is 14.9. The molecule has 0 unspecified atom stereocenters. The summed E-state index contributed by atoms with van der Waals surface area (Å²) in [4.78, 5) is 12.5. The van der Waals surface area contributed by atoms with Crippen molar-refractivity contribution in [1.82, 2.24) is 4.57 Å². The SMILES string of the molecule is CCCCc1cc(-c2cc(C(=O)OC)n(C)c2CC2CCCCC2)cc(C2(C)CC2)c1. The van der Waals surface area contributed by atoms with E-state index in [2.05, 4.69) is 42.7 Å². The second-order valence-corrected chi connectivity index (χ2v) is 10.2. The highest BCUT2D eigenvalue weighted by atomic mass is 16.5. The number of aryl methyl sites for hydroxylation is 1. The fourth-order valence-electron chi connectivity index (χ4n) is 5.30. The van der Waals surface area contributed by atoms with Crippen LogP contribution >= 0.6 is 0 Å². The molecule has 0 atom stereocenters. The number of esters is 1. The lowest BCUT2D eigenvalue weighted by atomic mass is 9.84. The van der Waals surface area contributed by atoms with E-state index in [0.29, 0.717) is 11.1 Å². The maximum Gasteiger partial charge on any atom is 0.354 e. The van der Waals surface area contributed by atoms with E-state index in [1.165, 1.54) is 92.8 Å². The predicted octanol–water partition coefficient (Wildman–Crippen LogP) is 7.00. The summed E-state index contributed by atoms with van der Waals surface area (Å²) in [6.45, 7) is 4.65. The molecule has 3 nitrogen and oxygen atoms in total. The van der Waals surface area contributed by atoms with E-state index in [0.717, 1.165) is 18.8 Å². The van der Waals surface area contributed by atoms with Crippen molar-refractivity contribution in [3.05, 3.63) is 46.8 Å². The largest absolute Gasteiger partial charge is 0.464 e. The molecule has 4 rings (SSSR count). The second-order valence-electron chi connectivity index (χ2n) is 10.2. The third-order valence-electron chi connectivity index (χ3n) is 7.78. The van der Waals surface area contributed by atoms with E-state index < -0.39 is 0 Å². The van der Waals surface area contributed by atoms with Crippen LogP contribution in [0, 0.1) is 5.92 Å². The molecule has 0 aliphatic heterocycles. The Bertz CT molecular complexity index is 929. The molecule has 0 amide bonds. The summed E-state index contributed by atoms with van der Waals surface area (Å²) >= 11 is 0. The van der Waals surface area contributed by atoms with Crippen LogP contribution in [0.1, 0.15) is 98.9 Å². The number of aromatic nitrogens is 1. The summed E-state index contributed by atoms with van der Waals surface area (Å²) in [5, 5.41) is 0. The molecule has 3 heteroatoms. The molecule has 2 aliphatic carbocycles. The third-order valence-corrected chi connectivity index (χ3v) is 7.78. The van der Waals surface area contributed by atoms with Gasteiger partial charge in [0.1, 0.15) is 5.69 Å². The van der Waals surface area contributed by atoms with Gasteiger partial charge >= 0.3 is 5.97 Å². The van der Waals surface area contributed by atoms with Crippen molar-refractivity contribution in [3.63, 3.8) is 0 Å². The fourth-order valence-corrected chi connectivity index (χ4v) is 5.30. The van der Waals surface area contributed by atoms with Crippen molar-refractivity contribution in [3.8, 4) is 11.1 Å². The zero-order valence-electron chi connectivity index (χ0n) is 19.9. The first-order valence-corrected chi connectivity index (χ1v) is 12.4. The van der Waals surface area contributed by atoms with Crippen molar-refractivity contribution in [2.24, 2.45) is 13.0 Å². The highest BCUT2D eigenvalue weighted by Crippen LogP contribution is 2.49. The number of hydrogen-bond acceptors (Lipinski definition) is 2. The number of nitrogens with zero attached hydrogens (tertiary/aromatic N) is 1. The van der Waals surface area contributed by atoms with Gasteiger partial charge in [-0.05, 0) is 66.2 Å². The van der Waals surface area contributed by atoms with Crippen LogP contribution in [-0.2, 0) is 30.0 Å². The summed E-state index contributed by atoms with van der Waals surface area (Å²) in [5.41, 5.74) is 7.73. The highest BCUT2D eigenvalue weighted by molar-refractivity contribution is 5.90. The summed E-state index contributed by atoms with van der Waals surface area (Å²) in [7, 11) is 3.52. The number of methoxy groups -OCH3 is 1. The fraction of sp³-hybridized carbons (Fsp3) is 0.607. The number of carbonyl (C=O) groups is 1. The Morgan fingerprint density at radius 3 is 2.52 bits per heavy atom.